The lowest BCUT2D eigenvalue weighted by molar-refractivity contribution is -0.117. The number of hydrogen-bond donors (Lipinski definition) is 1. The Morgan fingerprint density at radius 1 is 1.09 bits per heavy atom. The molecule has 5 nitrogen and oxygen atoms in total. The Labute approximate surface area is 194 Å². The first kappa shape index (κ1) is 25.7. The molecule has 0 saturated carbocycles. The summed E-state index contributed by atoms with van der Waals surface area (Å²) in [5.41, 5.74) is 5.31. The molecule has 0 aliphatic carbocycles. The molecule has 1 amide bonds. The van der Waals surface area contributed by atoms with Crippen molar-refractivity contribution in [2.45, 2.75) is 54.0 Å². The molecule has 0 bridgehead atoms. The van der Waals surface area contributed by atoms with E-state index in [0.29, 0.717) is 6.61 Å². The molecule has 1 unspecified atom stereocenters. The highest BCUT2D eigenvalue weighted by atomic mass is 16.5. The summed E-state index contributed by atoms with van der Waals surface area (Å²) in [4.78, 5) is 11.6. The average molecular weight is 441 g/mol. The van der Waals surface area contributed by atoms with Gasteiger partial charge in [-0.05, 0) is 61.4 Å². The van der Waals surface area contributed by atoms with Crippen LogP contribution in [0.1, 0.15) is 62.9 Å². The van der Waals surface area contributed by atoms with E-state index in [-0.39, 0.29) is 11.5 Å². The molecule has 0 spiro atoms. The second kappa shape index (κ2) is 11.9. The summed E-state index contributed by atoms with van der Waals surface area (Å²) < 4.78 is 11.7. The number of carbonyl (C=O) groups is 1. The lowest BCUT2D eigenvalue weighted by Crippen LogP contribution is -2.30. The van der Waals surface area contributed by atoms with Gasteiger partial charge in [-0.3, -0.25) is 4.79 Å². The molecule has 176 valence electrons. The standard InChI is InChI=1S/C22H29NO2.C5H11NO/c1-15-6-8-16(9-7-15)21-18-13-20(25-14-22(2,3)4)19(24-5)12-17(18)10-11-23-21;1-3-6(4-2)5-7/h6-9,12-13,21,23H,10-11,14H2,1-5H3;5H,3-4H2,1-2H3. The second-order valence-corrected chi connectivity index (χ2v) is 9.43. The van der Waals surface area contributed by atoms with Gasteiger partial charge in [-0.1, -0.05) is 50.6 Å². The predicted molar refractivity (Wildman–Crippen MR) is 132 cm³/mol. The Kier molecular flexibility index (Phi) is 9.58. The van der Waals surface area contributed by atoms with Crippen LogP contribution in [0.5, 0.6) is 11.5 Å². The second-order valence-electron chi connectivity index (χ2n) is 9.43. The average Bonchev–Trinajstić information content (AvgIpc) is 2.78. The van der Waals surface area contributed by atoms with Gasteiger partial charge in [0, 0.05) is 19.6 Å². The monoisotopic (exact) mass is 440 g/mol. The molecule has 0 aromatic heterocycles. The van der Waals surface area contributed by atoms with Crippen molar-refractivity contribution < 1.29 is 14.3 Å². The van der Waals surface area contributed by atoms with Crippen molar-refractivity contribution in [2.24, 2.45) is 5.41 Å². The van der Waals surface area contributed by atoms with E-state index >= 15 is 0 Å². The van der Waals surface area contributed by atoms with Gasteiger partial charge in [0.15, 0.2) is 11.5 Å². The van der Waals surface area contributed by atoms with E-state index < -0.39 is 0 Å². The number of amides is 1. The van der Waals surface area contributed by atoms with Crippen LogP contribution in [0.3, 0.4) is 0 Å². The third kappa shape index (κ3) is 7.27. The van der Waals surface area contributed by atoms with Crippen LogP contribution < -0.4 is 14.8 Å². The van der Waals surface area contributed by atoms with Crippen molar-refractivity contribution in [1.82, 2.24) is 10.2 Å². The van der Waals surface area contributed by atoms with Gasteiger partial charge in [-0.15, -0.1) is 0 Å². The third-order valence-corrected chi connectivity index (χ3v) is 5.51. The van der Waals surface area contributed by atoms with Crippen molar-refractivity contribution in [1.29, 1.82) is 0 Å². The maximum atomic E-state index is 9.89. The summed E-state index contributed by atoms with van der Waals surface area (Å²) in [6, 6.07) is 13.3. The SMILES string of the molecule is CCN(C=O)CC.COc1cc2c(cc1OCC(C)(C)C)C(c1ccc(C)cc1)NCC2. The van der Waals surface area contributed by atoms with Crippen molar-refractivity contribution in [3.63, 3.8) is 0 Å². The molecule has 0 fully saturated rings. The zero-order valence-electron chi connectivity index (χ0n) is 20.8. The van der Waals surface area contributed by atoms with Crippen LogP contribution in [0.25, 0.3) is 0 Å². The third-order valence-electron chi connectivity index (χ3n) is 5.51. The molecule has 0 saturated heterocycles. The number of hydrogen-bond acceptors (Lipinski definition) is 4. The number of aryl methyl sites for hydroxylation is 1. The van der Waals surface area contributed by atoms with Crippen LogP contribution >= 0.6 is 0 Å². The van der Waals surface area contributed by atoms with Crippen LogP contribution in [-0.4, -0.2) is 44.7 Å². The van der Waals surface area contributed by atoms with E-state index in [0.717, 1.165) is 44.0 Å². The first-order valence-corrected chi connectivity index (χ1v) is 11.5. The highest BCUT2D eigenvalue weighted by Crippen LogP contribution is 2.38. The van der Waals surface area contributed by atoms with Gasteiger partial charge in [-0.25, -0.2) is 0 Å². The van der Waals surface area contributed by atoms with Crippen LogP contribution in [0, 0.1) is 12.3 Å². The summed E-state index contributed by atoms with van der Waals surface area (Å²) in [6.07, 6.45) is 1.87. The highest BCUT2D eigenvalue weighted by Gasteiger charge is 2.24. The minimum Gasteiger partial charge on any atom is -0.493 e. The predicted octanol–water partition coefficient (Wildman–Crippen LogP) is 5.15. The maximum absolute atomic E-state index is 9.89. The molecule has 32 heavy (non-hydrogen) atoms. The fourth-order valence-electron chi connectivity index (χ4n) is 3.56. The molecular weight excluding hydrogens is 400 g/mol. The van der Waals surface area contributed by atoms with Crippen LogP contribution in [-0.2, 0) is 11.2 Å². The smallest absolute Gasteiger partial charge is 0.209 e. The van der Waals surface area contributed by atoms with E-state index in [2.05, 4.69) is 69.4 Å². The number of benzene rings is 2. The molecular formula is C27H40N2O3. The summed E-state index contributed by atoms with van der Waals surface area (Å²) in [6.45, 7) is 15.8. The van der Waals surface area contributed by atoms with Crippen molar-refractivity contribution >= 4 is 6.41 Å². The minimum absolute atomic E-state index is 0.107. The lowest BCUT2D eigenvalue weighted by atomic mass is 9.89. The minimum atomic E-state index is 0.107. The molecule has 3 rings (SSSR count). The van der Waals surface area contributed by atoms with Gasteiger partial charge in [0.1, 0.15) is 0 Å². The molecule has 1 aliphatic rings. The first-order chi connectivity index (χ1) is 15.2. The van der Waals surface area contributed by atoms with Crippen LogP contribution in [0.15, 0.2) is 36.4 Å². The van der Waals surface area contributed by atoms with Gasteiger partial charge < -0.3 is 19.7 Å². The fourth-order valence-corrected chi connectivity index (χ4v) is 3.56. The topological polar surface area (TPSA) is 50.8 Å². The lowest BCUT2D eigenvalue weighted by Gasteiger charge is -2.29. The van der Waals surface area contributed by atoms with E-state index in [1.54, 1.807) is 12.0 Å². The van der Waals surface area contributed by atoms with Crippen molar-refractivity contribution in [2.75, 3.05) is 33.4 Å². The zero-order chi connectivity index (χ0) is 23.7. The Bertz CT molecular complexity index is 852. The zero-order valence-corrected chi connectivity index (χ0v) is 20.8. The number of nitrogens with one attached hydrogen (secondary N) is 1. The van der Waals surface area contributed by atoms with Gasteiger partial charge in [0.05, 0.1) is 19.8 Å². The maximum Gasteiger partial charge on any atom is 0.209 e. The molecule has 5 heteroatoms. The number of rotatable bonds is 7. The van der Waals surface area contributed by atoms with E-state index in [9.17, 15) is 4.79 Å². The summed E-state index contributed by atoms with van der Waals surface area (Å²) >= 11 is 0. The normalized spacial score (nSPS) is 15.2. The molecule has 0 radical (unpaired) electrons. The highest BCUT2D eigenvalue weighted by molar-refractivity contribution is 5.51. The Balaban J connectivity index is 0.000000451. The number of nitrogens with zero attached hydrogens (tertiary/aromatic N) is 1. The summed E-state index contributed by atoms with van der Waals surface area (Å²) in [7, 11) is 1.71. The number of ether oxygens (including phenoxy) is 2. The summed E-state index contributed by atoms with van der Waals surface area (Å²) in [5, 5.41) is 3.65. The molecule has 1 atom stereocenters. The summed E-state index contributed by atoms with van der Waals surface area (Å²) in [5.74, 6) is 1.66. The fraction of sp³-hybridized carbons (Fsp3) is 0.519. The molecule has 2 aromatic carbocycles. The van der Waals surface area contributed by atoms with Gasteiger partial charge in [0.2, 0.25) is 6.41 Å². The Morgan fingerprint density at radius 3 is 2.25 bits per heavy atom. The van der Waals surface area contributed by atoms with Crippen molar-refractivity contribution in [3.8, 4) is 11.5 Å². The van der Waals surface area contributed by atoms with Crippen LogP contribution in [0.2, 0.25) is 0 Å². The Morgan fingerprint density at radius 2 is 1.75 bits per heavy atom. The van der Waals surface area contributed by atoms with E-state index in [4.69, 9.17) is 9.47 Å². The van der Waals surface area contributed by atoms with Gasteiger partial charge in [0.25, 0.3) is 0 Å². The largest absolute Gasteiger partial charge is 0.493 e. The number of fused-ring (bicyclic) bond motifs is 1. The Hall–Kier alpha value is -2.53. The van der Waals surface area contributed by atoms with Gasteiger partial charge in [-0.2, -0.15) is 0 Å². The molecule has 1 aliphatic heterocycles. The number of methoxy groups -OCH3 is 1. The molecule has 2 aromatic rings. The molecule has 1 heterocycles. The van der Waals surface area contributed by atoms with Gasteiger partial charge >= 0.3 is 0 Å². The van der Waals surface area contributed by atoms with E-state index in [1.807, 2.05) is 13.8 Å². The van der Waals surface area contributed by atoms with Crippen LogP contribution in [0.4, 0.5) is 0 Å². The quantitative estimate of drug-likeness (QED) is 0.605. The number of carbonyl (C=O) groups excluding carboxylic acids is 1. The van der Waals surface area contributed by atoms with Crippen molar-refractivity contribution in [3.05, 3.63) is 58.7 Å². The van der Waals surface area contributed by atoms with E-state index in [1.165, 1.54) is 22.3 Å². The molecule has 1 N–H and O–H groups in total. The first-order valence-electron chi connectivity index (χ1n) is 11.5.